The summed E-state index contributed by atoms with van der Waals surface area (Å²) in [6.45, 7) is 1.97. The van der Waals surface area contributed by atoms with Gasteiger partial charge in [0.05, 0.1) is 12.2 Å². The molecule has 0 aliphatic carbocycles. The third kappa shape index (κ3) is 2.28. The van der Waals surface area contributed by atoms with Crippen LogP contribution in [0.5, 0.6) is 0 Å². The molecule has 5 N–H and O–H groups in total. The van der Waals surface area contributed by atoms with Gasteiger partial charge in [-0.15, -0.1) is 0 Å². The molecular formula is C10H14N6OS. The zero-order chi connectivity index (χ0) is 13.1. The van der Waals surface area contributed by atoms with Crippen molar-refractivity contribution in [3.05, 3.63) is 23.5 Å². The van der Waals surface area contributed by atoms with E-state index in [0.29, 0.717) is 10.6 Å². The standard InChI is InChI=1S/C10H14N6OS/c1-5(6-3-13-14-4-6)15-10-7(9(17)12-2)8(11)16-18-10/h3-5,15H,1-2H3,(H2,11,16)(H,12,17)(H,13,14). The molecule has 0 saturated carbocycles. The SMILES string of the molecule is CNC(=O)c1c(N)nsc1NC(C)c1cn[nH]c1. The lowest BCUT2D eigenvalue weighted by atomic mass is 10.2. The number of carbonyl (C=O) groups is 1. The molecular weight excluding hydrogens is 252 g/mol. The third-order valence-corrected chi connectivity index (χ3v) is 3.33. The Morgan fingerprint density at radius 1 is 1.61 bits per heavy atom. The monoisotopic (exact) mass is 266 g/mol. The van der Waals surface area contributed by atoms with Crippen LogP contribution in [-0.2, 0) is 0 Å². The number of hydrogen-bond donors (Lipinski definition) is 4. The summed E-state index contributed by atoms with van der Waals surface area (Å²) in [5.74, 6) is -0.00983. The first-order valence-electron chi connectivity index (χ1n) is 5.36. The Balaban J connectivity index is 2.22. The van der Waals surface area contributed by atoms with Crippen molar-refractivity contribution in [3.8, 4) is 0 Å². The van der Waals surface area contributed by atoms with E-state index in [2.05, 4.69) is 25.2 Å². The molecule has 1 amide bonds. The van der Waals surface area contributed by atoms with Crippen molar-refractivity contribution in [2.45, 2.75) is 13.0 Å². The molecule has 18 heavy (non-hydrogen) atoms. The first-order chi connectivity index (χ1) is 8.63. The zero-order valence-corrected chi connectivity index (χ0v) is 10.8. The topological polar surface area (TPSA) is 109 Å². The summed E-state index contributed by atoms with van der Waals surface area (Å²) in [5, 5.41) is 13.0. The Morgan fingerprint density at radius 2 is 2.39 bits per heavy atom. The minimum absolute atomic E-state index is 0.00649. The van der Waals surface area contributed by atoms with Gasteiger partial charge in [0.2, 0.25) is 0 Å². The van der Waals surface area contributed by atoms with Crippen LogP contribution in [0.4, 0.5) is 10.8 Å². The summed E-state index contributed by atoms with van der Waals surface area (Å²) in [7, 11) is 1.56. The van der Waals surface area contributed by atoms with Crippen molar-refractivity contribution in [2.75, 3.05) is 18.1 Å². The van der Waals surface area contributed by atoms with E-state index in [0.717, 1.165) is 5.56 Å². The second kappa shape index (κ2) is 5.05. The average molecular weight is 266 g/mol. The van der Waals surface area contributed by atoms with Gasteiger partial charge in [-0.2, -0.15) is 9.47 Å². The Kier molecular flexibility index (Phi) is 3.47. The number of carbonyl (C=O) groups excluding carboxylic acids is 1. The molecule has 0 aromatic carbocycles. The normalized spacial score (nSPS) is 12.1. The summed E-state index contributed by atoms with van der Waals surface area (Å²) in [6.07, 6.45) is 3.52. The van der Waals surface area contributed by atoms with E-state index in [1.807, 2.05) is 6.92 Å². The van der Waals surface area contributed by atoms with E-state index >= 15 is 0 Å². The van der Waals surface area contributed by atoms with Crippen LogP contribution in [0, 0.1) is 0 Å². The van der Waals surface area contributed by atoms with Crippen LogP contribution in [0.2, 0.25) is 0 Å². The minimum Gasteiger partial charge on any atom is -0.382 e. The number of aromatic nitrogens is 3. The van der Waals surface area contributed by atoms with Gasteiger partial charge in [-0.25, -0.2) is 0 Å². The number of aromatic amines is 1. The second-order valence-electron chi connectivity index (χ2n) is 3.75. The van der Waals surface area contributed by atoms with Gasteiger partial charge in [0, 0.05) is 18.8 Å². The molecule has 2 rings (SSSR count). The maximum Gasteiger partial charge on any atom is 0.257 e. The molecule has 2 aromatic rings. The van der Waals surface area contributed by atoms with Gasteiger partial charge in [-0.3, -0.25) is 9.89 Å². The van der Waals surface area contributed by atoms with Gasteiger partial charge >= 0.3 is 0 Å². The quantitative estimate of drug-likeness (QED) is 0.659. The molecule has 0 radical (unpaired) electrons. The second-order valence-corrected chi connectivity index (χ2v) is 4.52. The Bertz CT molecular complexity index is 535. The highest BCUT2D eigenvalue weighted by Crippen LogP contribution is 2.29. The molecule has 7 nitrogen and oxygen atoms in total. The van der Waals surface area contributed by atoms with Gasteiger partial charge in [0.1, 0.15) is 10.6 Å². The molecule has 0 aliphatic rings. The van der Waals surface area contributed by atoms with Crippen molar-refractivity contribution >= 4 is 28.3 Å². The summed E-state index contributed by atoms with van der Waals surface area (Å²) in [5.41, 5.74) is 7.07. The molecule has 1 atom stereocenters. The maximum absolute atomic E-state index is 11.7. The maximum atomic E-state index is 11.7. The Hall–Kier alpha value is -2.09. The Labute approximate surface area is 108 Å². The van der Waals surface area contributed by atoms with E-state index < -0.39 is 0 Å². The molecule has 96 valence electrons. The van der Waals surface area contributed by atoms with Crippen molar-refractivity contribution < 1.29 is 4.79 Å². The number of nitrogen functional groups attached to an aromatic ring is 1. The Morgan fingerprint density at radius 3 is 3.00 bits per heavy atom. The van der Waals surface area contributed by atoms with Crippen LogP contribution in [0.15, 0.2) is 12.4 Å². The molecule has 0 saturated heterocycles. The van der Waals surface area contributed by atoms with Crippen LogP contribution in [0.1, 0.15) is 28.9 Å². The predicted molar refractivity (Wildman–Crippen MR) is 70.5 cm³/mol. The van der Waals surface area contributed by atoms with Crippen LogP contribution in [0.3, 0.4) is 0 Å². The summed E-state index contributed by atoms with van der Waals surface area (Å²) >= 11 is 1.17. The fourth-order valence-corrected chi connectivity index (χ4v) is 2.32. The van der Waals surface area contributed by atoms with Crippen LogP contribution < -0.4 is 16.4 Å². The van der Waals surface area contributed by atoms with Gasteiger partial charge in [-0.05, 0) is 18.5 Å². The molecule has 0 bridgehead atoms. The van der Waals surface area contributed by atoms with E-state index in [1.165, 1.54) is 11.5 Å². The molecule has 0 spiro atoms. The van der Waals surface area contributed by atoms with Crippen molar-refractivity contribution in [1.82, 2.24) is 19.9 Å². The van der Waals surface area contributed by atoms with Crippen LogP contribution in [0.25, 0.3) is 0 Å². The van der Waals surface area contributed by atoms with Crippen LogP contribution in [-0.4, -0.2) is 27.5 Å². The number of rotatable bonds is 4. The van der Waals surface area contributed by atoms with Gasteiger partial charge in [0.15, 0.2) is 5.82 Å². The third-order valence-electron chi connectivity index (χ3n) is 2.54. The highest BCUT2D eigenvalue weighted by Gasteiger charge is 2.20. The number of amides is 1. The van der Waals surface area contributed by atoms with Crippen molar-refractivity contribution in [2.24, 2.45) is 0 Å². The van der Waals surface area contributed by atoms with E-state index in [-0.39, 0.29) is 17.8 Å². The molecule has 2 heterocycles. The lowest BCUT2D eigenvalue weighted by Crippen LogP contribution is -2.20. The van der Waals surface area contributed by atoms with Crippen molar-refractivity contribution in [3.63, 3.8) is 0 Å². The van der Waals surface area contributed by atoms with Crippen LogP contribution >= 0.6 is 11.5 Å². The highest BCUT2D eigenvalue weighted by atomic mass is 32.1. The highest BCUT2D eigenvalue weighted by molar-refractivity contribution is 7.11. The zero-order valence-electron chi connectivity index (χ0n) is 10.0. The lowest BCUT2D eigenvalue weighted by Gasteiger charge is -2.12. The minimum atomic E-state index is -0.247. The number of nitrogens with zero attached hydrogens (tertiary/aromatic N) is 2. The average Bonchev–Trinajstić information content (AvgIpc) is 2.98. The first kappa shape index (κ1) is 12.4. The predicted octanol–water partition coefficient (Wildman–Crippen LogP) is 0.981. The number of nitrogens with one attached hydrogen (secondary N) is 3. The molecule has 8 heteroatoms. The largest absolute Gasteiger partial charge is 0.382 e. The number of anilines is 2. The number of H-pyrrole nitrogens is 1. The number of nitrogens with two attached hydrogens (primary N) is 1. The molecule has 2 aromatic heterocycles. The lowest BCUT2D eigenvalue weighted by molar-refractivity contribution is 0.0965. The summed E-state index contributed by atoms with van der Waals surface area (Å²) in [4.78, 5) is 11.7. The summed E-state index contributed by atoms with van der Waals surface area (Å²) < 4.78 is 3.99. The molecule has 1 unspecified atom stereocenters. The fraction of sp³-hybridized carbons (Fsp3) is 0.300. The van der Waals surface area contributed by atoms with E-state index in [4.69, 9.17) is 5.73 Å². The fourth-order valence-electron chi connectivity index (χ4n) is 1.52. The number of hydrogen-bond acceptors (Lipinski definition) is 6. The summed E-state index contributed by atoms with van der Waals surface area (Å²) in [6, 6.07) is 0.00649. The van der Waals surface area contributed by atoms with Gasteiger partial charge in [-0.1, -0.05) is 0 Å². The van der Waals surface area contributed by atoms with Gasteiger partial charge < -0.3 is 16.4 Å². The van der Waals surface area contributed by atoms with E-state index in [9.17, 15) is 4.79 Å². The first-order valence-corrected chi connectivity index (χ1v) is 6.13. The molecule has 0 fully saturated rings. The van der Waals surface area contributed by atoms with Gasteiger partial charge in [0.25, 0.3) is 5.91 Å². The smallest absolute Gasteiger partial charge is 0.257 e. The van der Waals surface area contributed by atoms with Crippen molar-refractivity contribution in [1.29, 1.82) is 0 Å². The van der Waals surface area contributed by atoms with E-state index in [1.54, 1.807) is 19.4 Å². The molecule has 0 aliphatic heterocycles.